The highest BCUT2D eigenvalue weighted by Crippen LogP contribution is 2.39. The van der Waals surface area contributed by atoms with Gasteiger partial charge in [0.25, 0.3) is 0 Å². The maximum Gasteiger partial charge on any atom is 0.221 e. The highest BCUT2D eigenvalue weighted by Gasteiger charge is 2.26. The van der Waals surface area contributed by atoms with Crippen molar-refractivity contribution in [2.24, 2.45) is 0 Å². The van der Waals surface area contributed by atoms with E-state index in [2.05, 4.69) is 27.7 Å². The predicted molar refractivity (Wildman–Crippen MR) is 131 cm³/mol. The van der Waals surface area contributed by atoms with Gasteiger partial charge in [0.2, 0.25) is 5.91 Å². The molecular weight excluding hydrogens is 465 g/mol. The number of aliphatic hydroxyl groups is 1. The average molecular weight is 496 g/mol. The zero-order chi connectivity index (χ0) is 24.0. The summed E-state index contributed by atoms with van der Waals surface area (Å²) in [6.07, 6.45) is 1.96. The summed E-state index contributed by atoms with van der Waals surface area (Å²) in [5, 5.41) is 27.5. The number of hydrogen-bond donors (Lipinski definition) is 4. The van der Waals surface area contributed by atoms with Crippen LogP contribution in [0.4, 0.5) is 5.69 Å². The Hall–Kier alpha value is -2.03. The Morgan fingerprint density at radius 3 is 2.48 bits per heavy atom. The minimum absolute atomic E-state index is 0.0157. The second kappa shape index (κ2) is 11.4. The molecular formula is C24H31Cl2N3O4. The highest BCUT2D eigenvalue weighted by atomic mass is 35.5. The van der Waals surface area contributed by atoms with E-state index >= 15 is 0 Å². The van der Waals surface area contributed by atoms with Gasteiger partial charge in [-0.25, -0.2) is 0 Å². The molecule has 0 bridgehead atoms. The number of rotatable bonds is 9. The first-order chi connectivity index (χ1) is 15.6. The first-order valence-electron chi connectivity index (χ1n) is 11.0. The number of amides is 1. The molecule has 0 spiro atoms. The van der Waals surface area contributed by atoms with Crippen molar-refractivity contribution < 1.29 is 19.7 Å². The molecule has 180 valence electrons. The van der Waals surface area contributed by atoms with E-state index < -0.39 is 5.60 Å². The summed E-state index contributed by atoms with van der Waals surface area (Å²) in [6.45, 7) is 6.15. The Bertz CT molecular complexity index is 945. The Labute approximate surface area is 204 Å². The summed E-state index contributed by atoms with van der Waals surface area (Å²) in [5.41, 5.74) is 0.403. The zero-order valence-corrected chi connectivity index (χ0v) is 20.4. The molecule has 1 saturated heterocycles. The molecule has 1 aliphatic heterocycles. The molecule has 1 atom stereocenters. The van der Waals surface area contributed by atoms with Crippen molar-refractivity contribution in [3.8, 4) is 11.5 Å². The molecule has 0 radical (unpaired) electrons. The molecule has 1 aliphatic rings. The molecule has 0 unspecified atom stereocenters. The molecule has 9 heteroatoms. The van der Waals surface area contributed by atoms with Crippen LogP contribution in [0.1, 0.15) is 32.3 Å². The van der Waals surface area contributed by atoms with Crippen molar-refractivity contribution in [1.29, 1.82) is 0 Å². The van der Waals surface area contributed by atoms with Gasteiger partial charge in [0.05, 0.1) is 5.69 Å². The molecule has 2 aromatic carbocycles. The number of halogens is 2. The van der Waals surface area contributed by atoms with Gasteiger partial charge in [0, 0.05) is 31.1 Å². The lowest BCUT2D eigenvalue weighted by Gasteiger charge is -2.34. The number of anilines is 1. The third-order valence-electron chi connectivity index (χ3n) is 5.59. The van der Waals surface area contributed by atoms with Crippen molar-refractivity contribution in [1.82, 2.24) is 10.2 Å². The van der Waals surface area contributed by atoms with Crippen molar-refractivity contribution in [2.45, 2.75) is 44.9 Å². The van der Waals surface area contributed by atoms with Gasteiger partial charge in [-0.1, -0.05) is 35.3 Å². The number of piperidine rings is 1. The van der Waals surface area contributed by atoms with Crippen molar-refractivity contribution in [3.63, 3.8) is 0 Å². The van der Waals surface area contributed by atoms with E-state index in [0.29, 0.717) is 18.3 Å². The quantitative estimate of drug-likeness (QED) is 0.392. The summed E-state index contributed by atoms with van der Waals surface area (Å²) >= 11 is 12.1. The van der Waals surface area contributed by atoms with Crippen LogP contribution in [0.2, 0.25) is 10.0 Å². The number of ether oxygens (including phenoxy) is 1. The van der Waals surface area contributed by atoms with Crippen LogP contribution in [-0.4, -0.2) is 58.9 Å². The molecule has 3 rings (SSSR count). The molecule has 2 aromatic rings. The molecule has 0 saturated carbocycles. The lowest BCUT2D eigenvalue weighted by Crippen LogP contribution is -2.49. The number of hydrogen-bond acceptors (Lipinski definition) is 6. The van der Waals surface area contributed by atoms with Gasteiger partial charge < -0.3 is 25.6 Å². The third kappa shape index (κ3) is 7.76. The normalized spacial score (nSPS) is 16.9. The van der Waals surface area contributed by atoms with E-state index in [9.17, 15) is 15.0 Å². The summed E-state index contributed by atoms with van der Waals surface area (Å²) in [5.74, 6) is -0.330. The van der Waals surface area contributed by atoms with Gasteiger partial charge in [0.1, 0.15) is 23.0 Å². The molecule has 7 nitrogen and oxygen atoms in total. The molecule has 33 heavy (non-hydrogen) atoms. The Morgan fingerprint density at radius 1 is 1.18 bits per heavy atom. The predicted octanol–water partition coefficient (Wildman–Crippen LogP) is 4.04. The molecule has 1 amide bonds. The summed E-state index contributed by atoms with van der Waals surface area (Å²) in [7, 11) is 0. The SMILES string of the molecule is CC(=O)Nc1ccc(O)c(Cl)c1OC[C@@](C)(O)CNC1CCN(Cc2ccc(Cl)cc2)CC1. The number of aromatic hydroxyl groups is 1. The number of carbonyl (C=O) groups excluding carboxylic acids is 1. The second-order valence-electron chi connectivity index (χ2n) is 8.80. The van der Waals surface area contributed by atoms with Gasteiger partial charge in [-0.2, -0.15) is 0 Å². The summed E-state index contributed by atoms with van der Waals surface area (Å²) < 4.78 is 5.73. The molecule has 1 fully saturated rings. The van der Waals surface area contributed by atoms with Crippen molar-refractivity contribution >= 4 is 34.8 Å². The summed E-state index contributed by atoms with van der Waals surface area (Å²) in [6, 6.07) is 11.1. The molecule has 4 N–H and O–H groups in total. The van der Waals surface area contributed by atoms with Crippen LogP contribution in [0.15, 0.2) is 36.4 Å². The number of nitrogens with one attached hydrogen (secondary N) is 2. The van der Waals surface area contributed by atoms with Crippen molar-refractivity contribution in [2.75, 3.05) is 31.6 Å². The molecule has 1 heterocycles. The summed E-state index contributed by atoms with van der Waals surface area (Å²) in [4.78, 5) is 13.9. The zero-order valence-electron chi connectivity index (χ0n) is 18.9. The standard InChI is InChI=1S/C24H31Cl2N3O4/c1-16(30)28-20-7-8-21(31)22(26)23(20)33-15-24(2,32)14-27-19-9-11-29(12-10-19)13-17-3-5-18(25)6-4-17/h3-8,19,27,31-32H,9-15H2,1-2H3,(H,28,30)/t24-/m0/s1. The number of carbonyl (C=O) groups is 1. The van der Waals surface area contributed by atoms with E-state index in [4.69, 9.17) is 27.9 Å². The molecule has 0 aromatic heterocycles. The third-order valence-corrected chi connectivity index (χ3v) is 6.21. The maximum absolute atomic E-state index is 11.4. The van der Waals surface area contributed by atoms with Crippen LogP contribution in [0, 0.1) is 0 Å². The lowest BCUT2D eigenvalue weighted by molar-refractivity contribution is -0.114. The minimum Gasteiger partial charge on any atom is -0.506 e. The Kier molecular flexibility index (Phi) is 8.84. The fourth-order valence-corrected chi connectivity index (χ4v) is 4.11. The van der Waals surface area contributed by atoms with Gasteiger partial charge in [0.15, 0.2) is 5.75 Å². The minimum atomic E-state index is -1.18. The van der Waals surface area contributed by atoms with Crippen LogP contribution in [0.3, 0.4) is 0 Å². The second-order valence-corrected chi connectivity index (χ2v) is 9.61. The monoisotopic (exact) mass is 495 g/mol. The number of likely N-dealkylation sites (tertiary alicyclic amines) is 1. The first kappa shape index (κ1) is 25.6. The van der Waals surface area contributed by atoms with Crippen LogP contribution in [0.5, 0.6) is 11.5 Å². The topological polar surface area (TPSA) is 94.1 Å². The van der Waals surface area contributed by atoms with Gasteiger partial charge >= 0.3 is 0 Å². The highest BCUT2D eigenvalue weighted by molar-refractivity contribution is 6.34. The number of benzene rings is 2. The number of phenolic OH excluding ortho intramolecular Hbond substituents is 1. The van der Waals surface area contributed by atoms with Crippen LogP contribution < -0.4 is 15.4 Å². The van der Waals surface area contributed by atoms with Gasteiger partial charge in [-0.3, -0.25) is 9.69 Å². The lowest BCUT2D eigenvalue weighted by atomic mass is 10.0. The van der Waals surface area contributed by atoms with E-state index in [1.807, 2.05) is 12.1 Å². The van der Waals surface area contributed by atoms with Crippen LogP contribution in [-0.2, 0) is 11.3 Å². The smallest absolute Gasteiger partial charge is 0.221 e. The number of nitrogens with zero attached hydrogens (tertiary/aromatic N) is 1. The van der Waals surface area contributed by atoms with E-state index in [1.54, 1.807) is 6.92 Å². The Balaban J connectivity index is 1.47. The molecule has 0 aliphatic carbocycles. The number of phenols is 1. The maximum atomic E-state index is 11.4. The van der Waals surface area contributed by atoms with Gasteiger partial charge in [-0.05, 0) is 62.7 Å². The van der Waals surface area contributed by atoms with Crippen molar-refractivity contribution in [3.05, 3.63) is 52.0 Å². The van der Waals surface area contributed by atoms with Crippen LogP contribution >= 0.6 is 23.2 Å². The van der Waals surface area contributed by atoms with Gasteiger partial charge in [-0.15, -0.1) is 0 Å². The Morgan fingerprint density at radius 2 is 1.85 bits per heavy atom. The van der Waals surface area contributed by atoms with E-state index in [-0.39, 0.29) is 29.0 Å². The fraction of sp³-hybridized carbons (Fsp3) is 0.458. The van der Waals surface area contributed by atoms with E-state index in [1.165, 1.54) is 24.6 Å². The van der Waals surface area contributed by atoms with Crippen LogP contribution in [0.25, 0.3) is 0 Å². The average Bonchev–Trinajstić information content (AvgIpc) is 2.77. The first-order valence-corrected chi connectivity index (χ1v) is 11.7. The van der Waals surface area contributed by atoms with E-state index in [0.717, 1.165) is 37.5 Å². The fourth-order valence-electron chi connectivity index (χ4n) is 3.76. The largest absolute Gasteiger partial charge is 0.506 e.